The number of nitrogens with one attached hydrogen (secondary N) is 2. The normalized spacial score (nSPS) is 10.7. The van der Waals surface area contributed by atoms with Crippen LogP contribution in [0.1, 0.15) is 15.9 Å². The van der Waals surface area contributed by atoms with E-state index >= 15 is 0 Å². The van der Waals surface area contributed by atoms with E-state index in [9.17, 15) is 4.79 Å². The molecule has 0 bridgehead atoms. The molecule has 0 aliphatic rings. The number of H-pyrrole nitrogens is 1. The molecule has 0 saturated carbocycles. The van der Waals surface area contributed by atoms with Crippen LogP contribution in [0.5, 0.6) is 0 Å². The molecule has 3 aromatic rings. The summed E-state index contributed by atoms with van der Waals surface area (Å²) in [5, 5.41) is 11.1. The highest BCUT2D eigenvalue weighted by molar-refractivity contribution is 7.99. The standard InChI is InChI=1S/C18H17ClN4OS2/c19-15-5-7-16(8-6-15)25-10-9-20-17(24)14-3-1-13(2-4-14)11-26-18-21-12-22-23-18/h1-8,12H,9-11H2,(H,20,24)(H,21,22,23). The minimum absolute atomic E-state index is 0.0591. The molecule has 2 aromatic carbocycles. The second-order valence-electron chi connectivity index (χ2n) is 5.33. The van der Waals surface area contributed by atoms with Gasteiger partial charge >= 0.3 is 0 Å². The number of hydrogen-bond donors (Lipinski definition) is 2. The molecule has 0 spiro atoms. The Morgan fingerprint density at radius 3 is 2.54 bits per heavy atom. The van der Waals surface area contributed by atoms with E-state index in [1.807, 2.05) is 48.5 Å². The minimum Gasteiger partial charge on any atom is -0.351 e. The van der Waals surface area contributed by atoms with Gasteiger partial charge in [-0.25, -0.2) is 4.98 Å². The van der Waals surface area contributed by atoms with Gasteiger partial charge in [-0.2, -0.15) is 5.10 Å². The lowest BCUT2D eigenvalue weighted by molar-refractivity contribution is 0.0956. The summed E-state index contributed by atoms with van der Waals surface area (Å²) in [6.07, 6.45) is 1.49. The zero-order valence-electron chi connectivity index (χ0n) is 13.8. The fraction of sp³-hybridized carbons (Fsp3) is 0.167. The van der Waals surface area contributed by atoms with Crippen molar-refractivity contribution in [3.8, 4) is 0 Å². The summed E-state index contributed by atoms with van der Waals surface area (Å²) in [5.41, 5.74) is 1.79. The van der Waals surface area contributed by atoms with Crippen molar-refractivity contribution < 1.29 is 4.79 Å². The van der Waals surface area contributed by atoms with Crippen molar-refractivity contribution >= 4 is 41.0 Å². The number of carbonyl (C=O) groups is 1. The molecule has 5 nitrogen and oxygen atoms in total. The second kappa shape index (κ2) is 9.66. The number of nitrogens with zero attached hydrogens (tertiary/aromatic N) is 2. The van der Waals surface area contributed by atoms with Gasteiger partial charge in [-0.15, -0.1) is 11.8 Å². The Balaban J connectivity index is 1.40. The van der Waals surface area contributed by atoms with E-state index in [1.165, 1.54) is 6.33 Å². The number of amides is 1. The molecule has 3 rings (SSSR count). The molecule has 2 N–H and O–H groups in total. The van der Waals surface area contributed by atoms with Crippen molar-refractivity contribution in [2.75, 3.05) is 12.3 Å². The van der Waals surface area contributed by atoms with Gasteiger partial charge in [-0.3, -0.25) is 9.89 Å². The van der Waals surface area contributed by atoms with Gasteiger partial charge in [0.05, 0.1) is 0 Å². The monoisotopic (exact) mass is 404 g/mol. The number of aromatic nitrogens is 3. The van der Waals surface area contributed by atoms with Gasteiger partial charge in [0, 0.05) is 33.5 Å². The molecule has 134 valence electrons. The van der Waals surface area contributed by atoms with Crippen molar-refractivity contribution in [2.45, 2.75) is 15.8 Å². The highest BCUT2D eigenvalue weighted by Gasteiger charge is 2.05. The maximum Gasteiger partial charge on any atom is 0.251 e. The molecule has 1 amide bonds. The first-order chi connectivity index (χ1) is 12.7. The number of benzene rings is 2. The third-order valence-corrected chi connectivity index (χ3v) is 5.67. The Bertz CT molecular complexity index is 823. The van der Waals surface area contributed by atoms with Gasteiger partial charge in [0.25, 0.3) is 5.91 Å². The van der Waals surface area contributed by atoms with Crippen molar-refractivity contribution in [3.05, 3.63) is 71.0 Å². The largest absolute Gasteiger partial charge is 0.351 e. The molecular weight excluding hydrogens is 388 g/mol. The molecule has 1 heterocycles. The zero-order chi connectivity index (χ0) is 18.2. The molecule has 0 saturated heterocycles. The molecule has 0 atom stereocenters. The highest BCUT2D eigenvalue weighted by Crippen LogP contribution is 2.20. The Kier molecular flexibility index (Phi) is 6.99. The first-order valence-electron chi connectivity index (χ1n) is 7.94. The molecule has 26 heavy (non-hydrogen) atoms. The molecule has 0 fully saturated rings. The Labute approximate surface area is 165 Å². The molecule has 0 radical (unpaired) electrons. The summed E-state index contributed by atoms with van der Waals surface area (Å²) in [6.45, 7) is 0.606. The summed E-state index contributed by atoms with van der Waals surface area (Å²) in [7, 11) is 0. The van der Waals surface area contributed by atoms with Crippen molar-refractivity contribution in [1.82, 2.24) is 20.5 Å². The smallest absolute Gasteiger partial charge is 0.251 e. The van der Waals surface area contributed by atoms with Crippen LogP contribution in [-0.2, 0) is 5.75 Å². The summed E-state index contributed by atoms with van der Waals surface area (Å²) >= 11 is 9.12. The number of aromatic amines is 1. The number of thioether (sulfide) groups is 2. The Morgan fingerprint density at radius 1 is 1.08 bits per heavy atom. The first-order valence-corrected chi connectivity index (χ1v) is 10.3. The molecule has 1 aromatic heterocycles. The summed E-state index contributed by atoms with van der Waals surface area (Å²) < 4.78 is 0. The Hall–Kier alpha value is -1.96. The van der Waals surface area contributed by atoms with Crippen LogP contribution >= 0.6 is 35.1 Å². The number of hydrogen-bond acceptors (Lipinski definition) is 5. The quantitative estimate of drug-likeness (QED) is 0.433. The van der Waals surface area contributed by atoms with Gasteiger partial charge in [0.15, 0.2) is 5.16 Å². The number of carbonyl (C=O) groups excluding carboxylic acids is 1. The molecular formula is C18H17ClN4OS2. The van der Waals surface area contributed by atoms with Gasteiger partial charge in [-0.1, -0.05) is 35.5 Å². The van der Waals surface area contributed by atoms with Crippen LogP contribution in [0.4, 0.5) is 0 Å². The summed E-state index contributed by atoms with van der Waals surface area (Å²) in [6, 6.07) is 15.3. The van der Waals surface area contributed by atoms with Crippen molar-refractivity contribution in [3.63, 3.8) is 0 Å². The van der Waals surface area contributed by atoms with Gasteiger partial charge in [-0.05, 0) is 42.0 Å². The minimum atomic E-state index is -0.0591. The first kappa shape index (κ1) is 18.8. The topological polar surface area (TPSA) is 70.7 Å². The van der Waals surface area contributed by atoms with E-state index in [2.05, 4.69) is 20.5 Å². The third-order valence-electron chi connectivity index (χ3n) is 3.45. The van der Waals surface area contributed by atoms with E-state index in [0.29, 0.717) is 12.1 Å². The predicted octanol–water partition coefficient (Wildman–Crippen LogP) is 4.27. The molecule has 0 aliphatic carbocycles. The van der Waals surface area contributed by atoms with Crippen LogP contribution in [0.2, 0.25) is 5.02 Å². The van der Waals surface area contributed by atoms with Crippen LogP contribution in [-0.4, -0.2) is 33.4 Å². The predicted molar refractivity (Wildman–Crippen MR) is 107 cm³/mol. The van der Waals surface area contributed by atoms with E-state index in [0.717, 1.165) is 32.1 Å². The lowest BCUT2D eigenvalue weighted by Crippen LogP contribution is -2.25. The lowest BCUT2D eigenvalue weighted by atomic mass is 10.1. The maximum atomic E-state index is 12.2. The fourth-order valence-electron chi connectivity index (χ4n) is 2.13. The fourth-order valence-corrected chi connectivity index (χ4v) is 3.76. The van der Waals surface area contributed by atoms with E-state index < -0.39 is 0 Å². The van der Waals surface area contributed by atoms with Crippen LogP contribution in [0.3, 0.4) is 0 Å². The average molecular weight is 405 g/mol. The number of rotatable bonds is 8. The molecule has 0 unspecified atom stereocenters. The van der Waals surface area contributed by atoms with Crippen LogP contribution in [0, 0.1) is 0 Å². The van der Waals surface area contributed by atoms with E-state index in [1.54, 1.807) is 23.5 Å². The van der Waals surface area contributed by atoms with Crippen molar-refractivity contribution in [2.24, 2.45) is 0 Å². The van der Waals surface area contributed by atoms with Gasteiger partial charge in [0.1, 0.15) is 6.33 Å². The summed E-state index contributed by atoms with van der Waals surface area (Å²) in [5.74, 6) is 1.52. The second-order valence-corrected chi connectivity index (χ2v) is 7.90. The maximum absolute atomic E-state index is 12.2. The van der Waals surface area contributed by atoms with Gasteiger partial charge < -0.3 is 5.32 Å². The van der Waals surface area contributed by atoms with Crippen LogP contribution in [0.25, 0.3) is 0 Å². The van der Waals surface area contributed by atoms with Gasteiger partial charge in [0.2, 0.25) is 0 Å². The number of halogens is 1. The third kappa shape index (κ3) is 5.79. The van der Waals surface area contributed by atoms with E-state index in [-0.39, 0.29) is 5.91 Å². The van der Waals surface area contributed by atoms with Crippen LogP contribution in [0.15, 0.2) is 64.9 Å². The zero-order valence-corrected chi connectivity index (χ0v) is 16.2. The van der Waals surface area contributed by atoms with Crippen molar-refractivity contribution in [1.29, 1.82) is 0 Å². The lowest BCUT2D eigenvalue weighted by Gasteiger charge is -2.06. The van der Waals surface area contributed by atoms with E-state index in [4.69, 9.17) is 11.6 Å². The summed E-state index contributed by atoms with van der Waals surface area (Å²) in [4.78, 5) is 17.4. The van der Waals surface area contributed by atoms with Crippen LogP contribution < -0.4 is 5.32 Å². The highest BCUT2D eigenvalue weighted by atomic mass is 35.5. The average Bonchev–Trinajstić information content (AvgIpc) is 3.19. The molecule has 8 heteroatoms. The Morgan fingerprint density at radius 2 is 1.85 bits per heavy atom. The molecule has 0 aliphatic heterocycles. The SMILES string of the molecule is O=C(NCCSc1ccc(Cl)cc1)c1ccc(CSc2ncn[nH]2)cc1.